The van der Waals surface area contributed by atoms with Crippen LogP contribution in [0.3, 0.4) is 0 Å². The largest absolute Gasteiger partial charge is 0.370 e. The maximum Gasteiger partial charge on any atom is 0.194 e. The third-order valence-electron chi connectivity index (χ3n) is 4.27. The average Bonchev–Trinajstić information content (AvgIpc) is 2.64. The van der Waals surface area contributed by atoms with Crippen molar-refractivity contribution in [2.24, 2.45) is 4.99 Å². The molecule has 134 valence electrons. The fraction of sp³-hybridized carbons (Fsp3) is 0.368. The quantitative estimate of drug-likeness (QED) is 0.442. The van der Waals surface area contributed by atoms with E-state index in [-0.39, 0.29) is 30.1 Å². The van der Waals surface area contributed by atoms with Crippen LogP contribution < -0.4 is 5.32 Å². The van der Waals surface area contributed by atoms with Gasteiger partial charge in [-0.15, -0.1) is 24.0 Å². The van der Waals surface area contributed by atoms with Gasteiger partial charge in [-0.25, -0.2) is 0 Å². The first-order valence-corrected chi connectivity index (χ1v) is 8.30. The molecular weight excluding hydrogens is 427 g/mol. The van der Waals surface area contributed by atoms with Gasteiger partial charge in [0.1, 0.15) is 6.10 Å². The molecule has 1 saturated heterocycles. The van der Waals surface area contributed by atoms with Gasteiger partial charge in [0, 0.05) is 19.8 Å². The van der Waals surface area contributed by atoms with Crippen molar-refractivity contribution in [2.45, 2.75) is 19.6 Å². The highest BCUT2D eigenvalue weighted by atomic mass is 127. The van der Waals surface area contributed by atoms with Crippen molar-refractivity contribution in [1.29, 1.82) is 0 Å². The van der Waals surface area contributed by atoms with Crippen LogP contribution in [0.15, 0.2) is 53.7 Å². The lowest BCUT2D eigenvalue weighted by Gasteiger charge is -2.35. The summed E-state index contributed by atoms with van der Waals surface area (Å²) < 4.78 is 6.00. The van der Waals surface area contributed by atoms with E-state index in [0.29, 0.717) is 13.2 Å². The molecule has 25 heavy (non-hydrogen) atoms. The SMILES string of the molecule is CN=C(NCc1ccccn1)N1CCOC(c2ccccc2C)C1.I. The van der Waals surface area contributed by atoms with Crippen molar-refractivity contribution in [2.75, 3.05) is 26.7 Å². The summed E-state index contributed by atoms with van der Waals surface area (Å²) >= 11 is 0. The van der Waals surface area contributed by atoms with Gasteiger partial charge in [-0.1, -0.05) is 30.3 Å². The summed E-state index contributed by atoms with van der Waals surface area (Å²) in [4.78, 5) is 11.0. The van der Waals surface area contributed by atoms with E-state index in [0.717, 1.165) is 24.7 Å². The summed E-state index contributed by atoms with van der Waals surface area (Å²) in [5, 5.41) is 3.40. The van der Waals surface area contributed by atoms with Gasteiger partial charge in [0.2, 0.25) is 0 Å². The van der Waals surface area contributed by atoms with E-state index >= 15 is 0 Å². The zero-order chi connectivity index (χ0) is 16.8. The number of hydrogen-bond acceptors (Lipinski definition) is 3. The van der Waals surface area contributed by atoms with E-state index in [9.17, 15) is 0 Å². The first-order chi connectivity index (χ1) is 11.8. The fourth-order valence-corrected chi connectivity index (χ4v) is 2.98. The Morgan fingerprint density at radius 1 is 1.28 bits per heavy atom. The van der Waals surface area contributed by atoms with Crippen molar-refractivity contribution in [3.05, 3.63) is 65.5 Å². The lowest BCUT2D eigenvalue weighted by molar-refractivity contribution is -0.00834. The van der Waals surface area contributed by atoms with Crippen molar-refractivity contribution in [3.63, 3.8) is 0 Å². The van der Waals surface area contributed by atoms with Crippen molar-refractivity contribution >= 4 is 29.9 Å². The van der Waals surface area contributed by atoms with Crippen LogP contribution in [-0.2, 0) is 11.3 Å². The number of guanidine groups is 1. The van der Waals surface area contributed by atoms with Crippen LogP contribution in [0.1, 0.15) is 22.9 Å². The number of nitrogens with zero attached hydrogens (tertiary/aromatic N) is 3. The molecule has 2 heterocycles. The second-order valence-corrected chi connectivity index (χ2v) is 5.88. The van der Waals surface area contributed by atoms with E-state index < -0.39 is 0 Å². The number of pyridine rings is 1. The number of morpholine rings is 1. The molecule has 1 N–H and O–H groups in total. The number of nitrogens with one attached hydrogen (secondary N) is 1. The maximum absolute atomic E-state index is 6.00. The molecule has 1 aromatic carbocycles. The third-order valence-corrected chi connectivity index (χ3v) is 4.27. The highest BCUT2D eigenvalue weighted by molar-refractivity contribution is 14.0. The number of halogens is 1. The lowest BCUT2D eigenvalue weighted by atomic mass is 10.0. The molecule has 0 radical (unpaired) electrons. The highest BCUT2D eigenvalue weighted by Crippen LogP contribution is 2.24. The van der Waals surface area contributed by atoms with Gasteiger partial charge in [-0.2, -0.15) is 0 Å². The molecule has 1 fully saturated rings. The molecule has 5 nitrogen and oxygen atoms in total. The van der Waals surface area contributed by atoms with Crippen LogP contribution in [0.4, 0.5) is 0 Å². The number of aliphatic imine (C=N–C) groups is 1. The Morgan fingerprint density at radius 3 is 2.80 bits per heavy atom. The molecular formula is C19H25IN4O. The minimum atomic E-state index is 0. The van der Waals surface area contributed by atoms with Crippen molar-refractivity contribution in [3.8, 4) is 0 Å². The minimum absolute atomic E-state index is 0. The van der Waals surface area contributed by atoms with Crippen LogP contribution in [0.2, 0.25) is 0 Å². The fourth-order valence-electron chi connectivity index (χ4n) is 2.98. The zero-order valence-electron chi connectivity index (χ0n) is 14.7. The Bertz CT molecular complexity index is 693. The molecule has 0 saturated carbocycles. The molecule has 1 unspecified atom stereocenters. The second-order valence-electron chi connectivity index (χ2n) is 5.88. The second kappa shape index (κ2) is 9.72. The average molecular weight is 452 g/mol. The first kappa shape index (κ1) is 19.7. The van der Waals surface area contributed by atoms with Gasteiger partial charge in [-0.05, 0) is 30.2 Å². The molecule has 2 aromatic rings. The Morgan fingerprint density at radius 2 is 2.08 bits per heavy atom. The Hall–Kier alpha value is -1.67. The van der Waals surface area contributed by atoms with Gasteiger partial charge < -0.3 is 15.0 Å². The first-order valence-electron chi connectivity index (χ1n) is 8.30. The predicted octanol–water partition coefficient (Wildman–Crippen LogP) is 3.16. The standard InChI is InChI=1S/C19H24N4O.HI/c1-15-7-3-4-9-17(15)18-14-23(11-12-24-18)19(20-2)22-13-16-8-5-6-10-21-16;/h3-10,18H,11-14H2,1-2H3,(H,20,22);1H. The molecule has 1 atom stereocenters. The number of ether oxygens (including phenoxy) is 1. The van der Waals surface area contributed by atoms with Crippen LogP contribution >= 0.6 is 24.0 Å². The third kappa shape index (κ3) is 5.15. The predicted molar refractivity (Wildman–Crippen MR) is 111 cm³/mol. The Labute approximate surface area is 166 Å². The molecule has 0 bridgehead atoms. The molecule has 1 aliphatic rings. The molecule has 3 rings (SSSR count). The van der Waals surface area contributed by atoms with E-state index in [1.165, 1.54) is 11.1 Å². The minimum Gasteiger partial charge on any atom is -0.370 e. The van der Waals surface area contributed by atoms with E-state index in [1.807, 2.05) is 31.4 Å². The van der Waals surface area contributed by atoms with Crippen LogP contribution in [0, 0.1) is 6.92 Å². The summed E-state index contributed by atoms with van der Waals surface area (Å²) in [7, 11) is 1.82. The monoisotopic (exact) mass is 452 g/mol. The van der Waals surface area contributed by atoms with Crippen molar-refractivity contribution < 1.29 is 4.74 Å². The van der Waals surface area contributed by atoms with E-state index in [1.54, 1.807) is 0 Å². The number of hydrogen-bond donors (Lipinski definition) is 1. The summed E-state index contributed by atoms with van der Waals surface area (Å²) in [5.74, 6) is 0.891. The zero-order valence-corrected chi connectivity index (χ0v) is 17.0. The van der Waals surface area contributed by atoms with Gasteiger partial charge in [0.15, 0.2) is 5.96 Å². The maximum atomic E-state index is 6.00. The lowest BCUT2D eigenvalue weighted by Crippen LogP contribution is -2.48. The Kier molecular flexibility index (Phi) is 7.64. The van der Waals surface area contributed by atoms with Gasteiger partial charge >= 0.3 is 0 Å². The Balaban J connectivity index is 0.00000225. The van der Waals surface area contributed by atoms with Gasteiger partial charge in [-0.3, -0.25) is 9.98 Å². The molecule has 1 aliphatic heterocycles. The topological polar surface area (TPSA) is 49.8 Å². The van der Waals surface area contributed by atoms with Gasteiger partial charge in [0.05, 0.1) is 25.4 Å². The van der Waals surface area contributed by atoms with E-state index in [4.69, 9.17) is 4.74 Å². The normalized spacial score (nSPS) is 17.8. The molecule has 0 amide bonds. The van der Waals surface area contributed by atoms with E-state index in [2.05, 4.69) is 51.4 Å². The number of benzene rings is 1. The van der Waals surface area contributed by atoms with Crippen LogP contribution in [0.5, 0.6) is 0 Å². The number of rotatable bonds is 3. The molecule has 0 spiro atoms. The van der Waals surface area contributed by atoms with Crippen LogP contribution in [-0.4, -0.2) is 42.6 Å². The smallest absolute Gasteiger partial charge is 0.194 e. The van der Waals surface area contributed by atoms with Crippen LogP contribution in [0.25, 0.3) is 0 Å². The number of aryl methyl sites for hydroxylation is 1. The number of aromatic nitrogens is 1. The molecule has 0 aliphatic carbocycles. The molecule has 1 aromatic heterocycles. The van der Waals surface area contributed by atoms with Gasteiger partial charge in [0.25, 0.3) is 0 Å². The summed E-state index contributed by atoms with van der Waals surface area (Å²) in [6.45, 7) is 5.13. The summed E-state index contributed by atoms with van der Waals surface area (Å²) in [5.41, 5.74) is 3.52. The summed E-state index contributed by atoms with van der Waals surface area (Å²) in [6, 6.07) is 14.3. The molecule has 6 heteroatoms. The summed E-state index contributed by atoms with van der Waals surface area (Å²) in [6.07, 6.45) is 1.89. The van der Waals surface area contributed by atoms with Crippen molar-refractivity contribution in [1.82, 2.24) is 15.2 Å². The highest BCUT2D eigenvalue weighted by Gasteiger charge is 2.25.